The van der Waals surface area contributed by atoms with Gasteiger partial charge in [-0.05, 0) is 67.9 Å². The Balaban J connectivity index is 1.47. The largest absolute Gasteiger partial charge is 0.434 e. The average Bonchev–Trinajstić information content (AvgIpc) is 3.71. The van der Waals surface area contributed by atoms with Crippen molar-refractivity contribution in [3.05, 3.63) is 94.3 Å². The zero-order valence-electron chi connectivity index (χ0n) is 20.2. The smallest absolute Gasteiger partial charge is 0.257 e. The fourth-order valence-corrected chi connectivity index (χ4v) is 4.68. The highest BCUT2D eigenvalue weighted by Crippen LogP contribution is 2.43. The van der Waals surface area contributed by atoms with Crippen LogP contribution >= 0.6 is 11.6 Å². The number of nitrogens with one attached hydrogen (secondary N) is 1. The third-order valence-corrected chi connectivity index (χ3v) is 6.94. The quantitative estimate of drug-likeness (QED) is 0.274. The Morgan fingerprint density at radius 1 is 1.11 bits per heavy atom. The second kappa shape index (κ2) is 10.2. The van der Waals surface area contributed by atoms with Crippen molar-refractivity contribution in [3.63, 3.8) is 0 Å². The lowest BCUT2D eigenvalue weighted by Gasteiger charge is -2.19. The van der Waals surface area contributed by atoms with Gasteiger partial charge in [0, 0.05) is 17.3 Å². The summed E-state index contributed by atoms with van der Waals surface area (Å²) in [7, 11) is 0. The van der Waals surface area contributed by atoms with E-state index in [4.69, 9.17) is 16.3 Å². The lowest BCUT2D eigenvalue weighted by molar-refractivity contribution is 0.0939. The fraction of sp³-hybridized carbons (Fsp3) is 0.276. The molecule has 0 saturated heterocycles. The van der Waals surface area contributed by atoms with Gasteiger partial charge in [-0.2, -0.15) is 0 Å². The third-order valence-electron chi connectivity index (χ3n) is 6.57. The standard InChI is InChI=1S/C29H27ClFN3O2/c1-17-10-11-20(18(2)14-17)15-21(16-30)32-28(35)26-23-6-3-4-8-24(23)33-34-29(26)36-25-9-5-7-22(27(25)31)19-12-13-19/h3-11,14,19,21H,12-13,15-16H2,1-2H3,(H,32,35)/t21-/m1/s1. The summed E-state index contributed by atoms with van der Waals surface area (Å²) in [4.78, 5) is 13.6. The van der Waals surface area contributed by atoms with Gasteiger partial charge in [0.25, 0.3) is 11.8 Å². The van der Waals surface area contributed by atoms with Gasteiger partial charge in [-0.25, -0.2) is 4.39 Å². The molecule has 1 N–H and O–H groups in total. The first-order valence-corrected chi connectivity index (χ1v) is 12.6. The molecule has 1 heterocycles. The molecule has 5 nitrogen and oxygen atoms in total. The van der Waals surface area contributed by atoms with Crippen molar-refractivity contribution < 1.29 is 13.9 Å². The molecule has 1 aromatic heterocycles. The SMILES string of the molecule is Cc1ccc(C[C@H](CCl)NC(=O)c2c(Oc3cccc(C4CC4)c3F)nnc3ccccc23)c(C)c1. The van der Waals surface area contributed by atoms with Crippen LogP contribution in [0.3, 0.4) is 0 Å². The van der Waals surface area contributed by atoms with Crippen molar-refractivity contribution in [1.82, 2.24) is 15.5 Å². The van der Waals surface area contributed by atoms with Crippen LogP contribution < -0.4 is 10.1 Å². The lowest BCUT2D eigenvalue weighted by atomic mass is 9.99. The second-order valence-corrected chi connectivity index (χ2v) is 9.70. The maximum Gasteiger partial charge on any atom is 0.257 e. The molecule has 7 heteroatoms. The number of aromatic nitrogens is 2. The van der Waals surface area contributed by atoms with Crippen molar-refractivity contribution in [1.29, 1.82) is 0 Å². The van der Waals surface area contributed by atoms with Gasteiger partial charge in [0.05, 0.1) is 5.52 Å². The van der Waals surface area contributed by atoms with Crippen LogP contribution in [0.25, 0.3) is 10.9 Å². The maximum absolute atomic E-state index is 15.2. The van der Waals surface area contributed by atoms with Crippen LogP contribution in [0.15, 0.2) is 60.7 Å². The molecule has 36 heavy (non-hydrogen) atoms. The van der Waals surface area contributed by atoms with E-state index in [1.165, 1.54) is 5.56 Å². The average molecular weight is 504 g/mol. The van der Waals surface area contributed by atoms with Gasteiger partial charge in [0.2, 0.25) is 0 Å². The number of alkyl halides is 1. The van der Waals surface area contributed by atoms with E-state index in [1.807, 2.05) is 32.0 Å². The summed E-state index contributed by atoms with van der Waals surface area (Å²) < 4.78 is 21.1. The number of carbonyl (C=O) groups is 1. The highest BCUT2D eigenvalue weighted by atomic mass is 35.5. The highest BCUT2D eigenvalue weighted by Gasteiger charge is 2.29. The van der Waals surface area contributed by atoms with Gasteiger partial charge in [-0.1, -0.05) is 54.1 Å². The van der Waals surface area contributed by atoms with Gasteiger partial charge < -0.3 is 10.1 Å². The van der Waals surface area contributed by atoms with Gasteiger partial charge in [-0.15, -0.1) is 21.8 Å². The number of ether oxygens (including phenoxy) is 1. The number of carbonyl (C=O) groups excluding carboxylic acids is 1. The van der Waals surface area contributed by atoms with Crippen LogP contribution in [0, 0.1) is 19.7 Å². The van der Waals surface area contributed by atoms with E-state index in [9.17, 15) is 4.79 Å². The molecule has 1 aliphatic rings. The summed E-state index contributed by atoms with van der Waals surface area (Å²) in [5.74, 6) is -0.391. The van der Waals surface area contributed by atoms with Crippen LogP contribution in [0.5, 0.6) is 11.6 Å². The number of halogens is 2. The van der Waals surface area contributed by atoms with Crippen LogP contribution in [0.4, 0.5) is 4.39 Å². The van der Waals surface area contributed by atoms with E-state index in [0.29, 0.717) is 22.9 Å². The van der Waals surface area contributed by atoms with Gasteiger partial charge in [-0.3, -0.25) is 4.79 Å². The predicted molar refractivity (Wildman–Crippen MR) is 140 cm³/mol. The lowest BCUT2D eigenvalue weighted by Crippen LogP contribution is -2.38. The van der Waals surface area contributed by atoms with E-state index in [2.05, 4.69) is 27.6 Å². The minimum Gasteiger partial charge on any atom is -0.434 e. The first-order chi connectivity index (χ1) is 17.4. The van der Waals surface area contributed by atoms with Crippen molar-refractivity contribution in [2.24, 2.45) is 0 Å². The molecule has 1 saturated carbocycles. The Morgan fingerprint density at radius 2 is 1.92 bits per heavy atom. The molecule has 3 aromatic carbocycles. The van der Waals surface area contributed by atoms with E-state index in [0.717, 1.165) is 24.0 Å². The molecule has 0 unspecified atom stereocenters. The van der Waals surface area contributed by atoms with Crippen molar-refractivity contribution in [2.75, 3.05) is 5.88 Å². The van der Waals surface area contributed by atoms with Crippen LogP contribution in [-0.4, -0.2) is 28.0 Å². The minimum absolute atomic E-state index is 0.0298. The number of rotatable bonds is 8. The normalized spacial score (nSPS) is 14.0. The molecule has 0 spiro atoms. The van der Waals surface area contributed by atoms with Crippen LogP contribution in [0.1, 0.15) is 51.4 Å². The molecule has 0 bridgehead atoms. The predicted octanol–water partition coefficient (Wildman–Crippen LogP) is 6.64. The summed E-state index contributed by atoms with van der Waals surface area (Å²) in [5.41, 5.74) is 4.80. The summed E-state index contributed by atoms with van der Waals surface area (Å²) in [5, 5.41) is 12.0. The van der Waals surface area contributed by atoms with Crippen molar-refractivity contribution in [3.8, 4) is 11.6 Å². The summed E-state index contributed by atoms with van der Waals surface area (Å²) >= 11 is 6.27. The number of benzene rings is 3. The Bertz CT molecular complexity index is 1440. The van der Waals surface area contributed by atoms with E-state index in [1.54, 1.807) is 30.3 Å². The van der Waals surface area contributed by atoms with E-state index < -0.39 is 11.7 Å². The zero-order chi connectivity index (χ0) is 25.2. The topological polar surface area (TPSA) is 64.1 Å². The molecular weight excluding hydrogens is 477 g/mol. The molecular formula is C29H27ClFN3O2. The number of nitrogens with zero attached hydrogens (tertiary/aromatic N) is 2. The molecule has 0 aliphatic heterocycles. The van der Waals surface area contributed by atoms with Gasteiger partial charge >= 0.3 is 0 Å². The van der Waals surface area contributed by atoms with E-state index >= 15 is 4.39 Å². The molecule has 1 fully saturated rings. The summed E-state index contributed by atoms with van der Waals surface area (Å²) in [6.07, 6.45) is 2.50. The van der Waals surface area contributed by atoms with Crippen molar-refractivity contribution >= 4 is 28.4 Å². The van der Waals surface area contributed by atoms with E-state index in [-0.39, 0.29) is 35.0 Å². The Hall–Kier alpha value is -3.51. The minimum atomic E-state index is -0.421. The number of hydrogen-bond donors (Lipinski definition) is 1. The van der Waals surface area contributed by atoms with Crippen molar-refractivity contribution in [2.45, 2.75) is 45.1 Å². The molecule has 0 radical (unpaired) electrons. The van der Waals surface area contributed by atoms with Gasteiger partial charge in [0.1, 0.15) is 5.56 Å². The highest BCUT2D eigenvalue weighted by molar-refractivity contribution is 6.18. The molecule has 5 rings (SSSR count). The van der Waals surface area contributed by atoms with Gasteiger partial charge in [0.15, 0.2) is 11.6 Å². The first kappa shape index (κ1) is 24.2. The number of fused-ring (bicyclic) bond motifs is 1. The first-order valence-electron chi connectivity index (χ1n) is 12.1. The second-order valence-electron chi connectivity index (χ2n) is 9.39. The fourth-order valence-electron chi connectivity index (χ4n) is 4.49. The molecule has 1 atom stereocenters. The number of aryl methyl sites for hydroxylation is 2. The summed E-state index contributed by atoms with van der Waals surface area (Å²) in [6, 6.07) is 18.2. The van der Waals surface area contributed by atoms with Crippen LogP contribution in [-0.2, 0) is 6.42 Å². The third kappa shape index (κ3) is 5.05. The Morgan fingerprint density at radius 3 is 2.67 bits per heavy atom. The zero-order valence-corrected chi connectivity index (χ0v) is 21.0. The molecule has 1 amide bonds. The van der Waals surface area contributed by atoms with Crippen LogP contribution in [0.2, 0.25) is 0 Å². The maximum atomic E-state index is 15.2. The molecule has 1 aliphatic carbocycles. The molecule has 4 aromatic rings. The Kier molecular flexibility index (Phi) is 6.88. The monoisotopic (exact) mass is 503 g/mol. The number of amides is 1. The molecule has 184 valence electrons. The number of hydrogen-bond acceptors (Lipinski definition) is 4. The Labute approximate surface area is 214 Å². The summed E-state index contributed by atoms with van der Waals surface area (Å²) in [6.45, 7) is 4.09.